The first-order valence-electron chi connectivity index (χ1n) is 8.31. The number of carbonyl (C=O) groups is 1. The van der Waals surface area contributed by atoms with Crippen LogP contribution in [0.3, 0.4) is 0 Å². The van der Waals surface area contributed by atoms with Crippen molar-refractivity contribution < 1.29 is 13.2 Å². The van der Waals surface area contributed by atoms with Gasteiger partial charge in [-0.25, -0.2) is 0 Å². The summed E-state index contributed by atoms with van der Waals surface area (Å²) in [7, 11) is -0.338. The highest BCUT2D eigenvalue weighted by Gasteiger charge is 2.28. The summed E-state index contributed by atoms with van der Waals surface area (Å²) in [6, 6.07) is 8.21. The van der Waals surface area contributed by atoms with Gasteiger partial charge in [-0.15, -0.1) is 0 Å². The highest BCUT2D eigenvalue weighted by atomic mass is 32.2. The maximum Gasteiger partial charge on any atom is 0.281 e. The Hall–Kier alpha value is -1.44. The van der Waals surface area contributed by atoms with E-state index in [1.807, 2.05) is 6.92 Å². The molecule has 0 atom stereocenters. The Labute approximate surface area is 145 Å². The van der Waals surface area contributed by atoms with Crippen molar-refractivity contribution in [1.82, 2.24) is 13.5 Å². The van der Waals surface area contributed by atoms with Crippen LogP contribution in [0.2, 0.25) is 0 Å². The Kier molecular flexibility index (Phi) is 6.37. The van der Waals surface area contributed by atoms with Crippen molar-refractivity contribution in [1.29, 1.82) is 0 Å². The molecule has 1 aliphatic heterocycles. The van der Waals surface area contributed by atoms with Crippen LogP contribution in [0.5, 0.6) is 0 Å². The zero-order valence-electron chi connectivity index (χ0n) is 14.7. The minimum atomic E-state index is -3.40. The third kappa shape index (κ3) is 4.78. The third-order valence-corrected chi connectivity index (χ3v) is 6.28. The number of carbonyl (C=O) groups excluding carboxylic acids is 1. The van der Waals surface area contributed by atoms with Crippen LogP contribution in [0.1, 0.15) is 24.0 Å². The fourth-order valence-electron chi connectivity index (χ4n) is 2.77. The average Bonchev–Trinajstić information content (AvgIpc) is 2.80. The lowest BCUT2D eigenvalue weighted by atomic mass is 10.1. The van der Waals surface area contributed by atoms with E-state index < -0.39 is 10.2 Å². The van der Waals surface area contributed by atoms with E-state index in [9.17, 15) is 13.2 Å². The zero-order valence-corrected chi connectivity index (χ0v) is 15.6. The molecule has 1 fully saturated rings. The Morgan fingerprint density at radius 2 is 1.75 bits per heavy atom. The maximum atomic E-state index is 12.4. The smallest absolute Gasteiger partial charge is 0.281 e. The van der Waals surface area contributed by atoms with Crippen LogP contribution in [-0.4, -0.2) is 68.1 Å². The van der Waals surface area contributed by atoms with Crippen molar-refractivity contribution in [3.05, 3.63) is 35.4 Å². The Balaban J connectivity index is 1.89. The summed E-state index contributed by atoms with van der Waals surface area (Å²) < 4.78 is 27.1. The predicted molar refractivity (Wildman–Crippen MR) is 94.9 cm³/mol. The lowest BCUT2D eigenvalue weighted by Crippen LogP contribution is -2.42. The Bertz CT molecular complexity index is 656. The van der Waals surface area contributed by atoms with Crippen LogP contribution in [0.15, 0.2) is 24.3 Å². The minimum absolute atomic E-state index is 0.0969. The van der Waals surface area contributed by atoms with Crippen molar-refractivity contribution in [2.75, 3.05) is 40.3 Å². The summed E-state index contributed by atoms with van der Waals surface area (Å²) in [5.74, 6) is 0.0969. The number of nitrogens with zero attached hydrogens (tertiary/aromatic N) is 3. The second-order valence-electron chi connectivity index (χ2n) is 6.41. The van der Waals surface area contributed by atoms with Gasteiger partial charge in [-0.2, -0.15) is 17.0 Å². The average molecular weight is 353 g/mol. The molecular formula is C17H27N3O3S. The number of hydrogen-bond acceptors (Lipinski definition) is 3. The summed E-state index contributed by atoms with van der Waals surface area (Å²) >= 11 is 0. The summed E-state index contributed by atoms with van der Waals surface area (Å²) in [5.41, 5.74) is 2.36. The van der Waals surface area contributed by atoms with Crippen molar-refractivity contribution in [2.24, 2.45) is 0 Å². The molecule has 7 heteroatoms. The van der Waals surface area contributed by atoms with Crippen LogP contribution < -0.4 is 0 Å². The van der Waals surface area contributed by atoms with Gasteiger partial charge in [-0.05, 0) is 25.3 Å². The third-order valence-electron chi connectivity index (χ3n) is 4.34. The van der Waals surface area contributed by atoms with Gasteiger partial charge in [-0.3, -0.25) is 4.79 Å². The molecule has 24 heavy (non-hydrogen) atoms. The van der Waals surface area contributed by atoms with Gasteiger partial charge in [0.15, 0.2) is 0 Å². The minimum Gasteiger partial charge on any atom is -0.341 e. The molecule has 1 aromatic carbocycles. The van der Waals surface area contributed by atoms with E-state index in [1.54, 1.807) is 4.90 Å². The molecule has 1 heterocycles. The van der Waals surface area contributed by atoms with E-state index in [0.717, 1.165) is 12.0 Å². The molecule has 0 spiro atoms. The van der Waals surface area contributed by atoms with Gasteiger partial charge in [-0.1, -0.05) is 29.8 Å². The molecule has 1 aromatic rings. The van der Waals surface area contributed by atoms with E-state index in [2.05, 4.69) is 24.3 Å². The fourth-order valence-corrected chi connectivity index (χ4v) is 3.90. The number of amides is 1. The lowest BCUT2D eigenvalue weighted by molar-refractivity contribution is -0.131. The Morgan fingerprint density at radius 1 is 1.08 bits per heavy atom. The predicted octanol–water partition coefficient (Wildman–Crippen LogP) is 1.27. The molecule has 1 saturated heterocycles. The number of benzene rings is 1. The molecule has 6 nitrogen and oxygen atoms in total. The van der Waals surface area contributed by atoms with Gasteiger partial charge >= 0.3 is 0 Å². The molecule has 0 bridgehead atoms. The normalized spacial score (nSPS) is 17.1. The van der Waals surface area contributed by atoms with E-state index in [0.29, 0.717) is 39.0 Å². The molecule has 134 valence electrons. The number of hydrogen-bond donors (Lipinski definition) is 0. The van der Waals surface area contributed by atoms with E-state index in [4.69, 9.17) is 0 Å². The van der Waals surface area contributed by atoms with Gasteiger partial charge in [0.2, 0.25) is 5.91 Å². The summed E-state index contributed by atoms with van der Waals surface area (Å²) in [6.45, 7) is 3.94. The number of aryl methyl sites for hydroxylation is 2. The fraction of sp³-hybridized carbons (Fsp3) is 0.588. The second kappa shape index (κ2) is 8.09. The number of rotatable bonds is 5. The monoisotopic (exact) mass is 353 g/mol. The summed E-state index contributed by atoms with van der Waals surface area (Å²) in [5, 5.41) is 0. The zero-order chi connectivity index (χ0) is 17.7. The van der Waals surface area contributed by atoms with Gasteiger partial charge < -0.3 is 4.90 Å². The molecular weight excluding hydrogens is 326 g/mol. The van der Waals surface area contributed by atoms with Crippen LogP contribution in [0, 0.1) is 6.92 Å². The van der Waals surface area contributed by atoms with E-state index in [1.165, 1.54) is 28.3 Å². The Morgan fingerprint density at radius 3 is 2.38 bits per heavy atom. The second-order valence-corrected chi connectivity index (χ2v) is 8.55. The molecule has 2 rings (SSSR count). The van der Waals surface area contributed by atoms with Gasteiger partial charge in [0.25, 0.3) is 10.2 Å². The van der Waals surface area contributed by atoms with E-state index >= 15 is 0 Å². The van der Waals surface area contributed by atoms with Gasteiger partial charge in [0.1, 0.15) is 0 Å². The standard InChI is InChI=1S/C17H27N3O3S/c1-15-5-7-16(8-6-15)9-10-17(21)19-11-4-12-20(14-13-19)24(22,23)18(2)3/h5-8H,4,9-14H2,1-3H3. The molecule has 0 saturated carbocycles. The van der Waals surface area contributed by atoms with Crippen LogP contribution in [-0.2, 0) is 21.4 Å². The van der Waals surface area contributed by atoms with Crippen molar-refractivity contribution >= 4 is 16.1 Å². The summed E-state index contributed by atoms with van der Waals surface area (Å²) in [6.07, 6.45) is 1.85. The highest BCUT2D eigenvalue weighted by Crippen LogP contribution is 2.12. The van der Waals surface area contributed by atoms with E-state index in [-0.39, 0.29) is 5.91 Å². The molecule has 0 radical (unpaired) electrons. The SMILES string of the molecule is Cc1ccc(CCC(=O)N2CCCN(S(=O)(=O)N(C)C)CC2)cc1. The van der Waals surface area contributed by atoms with Crippen molar-refractivity contribution in [2.45, 2.75) is 26.2 Å². The first-order valence-corrected chi connectivity index (χ1v) is 9.71. The molecule has 0 N–H and O–H groups in total. The molecule has 1 amide bonds. The van der Waals surface area contributed by atoms with Crippen LogP contribution in [0.25, 0.3) is 0 Å². The van der Waals surface area contributed by atoms with Gasteiger partial charge in [0.05, 0.1) is 0 Å². The van der Waals surface area contributed by atoms with Crippen molar-refractivity contribution in [3.8, 4) is 0 Å². The molecule has 0 aliphatic carbocycles. The lowest BCUT2D eigenvalue weighted by Gasteiger charge is -2.24. The van der Waals surface area contributed by atoms with Crippen LogP contribution >= 0.6 is 0 Å². The highest BCUT2D eigenvalue weighted by molar-refractivity contribution is 7.86. The molecule has 1 aliphatic rings. The topological polar surface area (TPSA) is 60.9 Å². The molecule has 0 unspecified atom stereocenters. The largest absolute Gasteiger partial charge is 0.341 e. The first kappa shape index (κ1) is 18.9. The molecule has 0 aromatic heterocycles. The maximum absolute atomic E-state index is 12.4. The quantitative estimate of drug-likeness (QED) is 0.801. The van der Waals surface area contributed by atoms with Crippen molar-refractivity contribution in [3.63, 3.8) is 0 Å². The summed E-state index contributed by atoms with van der Waals surface area (Å²) in [4.78, 5) is 14.2. The van der Waals surface area contributed by atoms with Gasteiger partial charge in [0, 0.05) is 46.7 Å². The van der Waals surface area contributed by atoms with Crippen LogP contribution in [0.4, 0.5) is 0 Å². The first-order chi connectivity index (χ1) is 11.3.